The molecule has 2 N–H and O–H groups in total. The fourth-order valence-corrected chi connectivity index (χ4v) is 2.47. The Kier molecular flexibility index (Phi) is 2.81. The van der Waals surface area contributed by atoms with E-state index in [1.807, 2.05) is 0 Å². The first-order valence-electron chi connectivity index (χ1n) is 6.31. The fraction of sp³-hybridized carbons (Fsp3) is 0.308. The highest BCUT2D eigenvalue weighted by atomic mass is 16.5. The van der Waals surface area contributed by atoms with E-state index in [-0.39, 0.29) is 18.9 Å². The van der Waals surface area contributed by atoms with E-state index in [4.69, 9.17) is 4.74 Å². The Balaban J connectivity index is 2.11. The number of benzene rings is 1. The number of imidazole rings is 1. The van der Waals surface area contributed by atoms with E-state index in [0.717, 1.165) is 0 Å². The predicted octanol–water partition coefficient (Wildman–Crippen LogP) is 0.776. The molecule has 1 aromatic heterocycles. The number of rotatable bonds is 3. The average molecular weight is 275 g/mol. The molecule has 0 bridgehead atoms. The maximum Gasteiger partial charge on any atom is 0.327 e. The molecule has 1 atom stereocenters. The molecule has 7 nitrogen and oxygen atoms in total. The van der Waals surface area contributed by atoms with Crippen LogP contribution in [0, 0.1) is 0 Å². The van der Waals surface area contributed by atoms with Gasteiger partial charge in [0.2, 0.25) is 5.91 Å². The van der Waals surface area contributed by atoms with Gasteiger partial charge in [-0.3, -0.25) is 14.2 Å². The lowest BCUT2D eigenvalue weighted by atomic mass is 10.1. The number of aromatic amines is 1. The number of hydrogen-bond donors (Lipinski definition) is 2. The van der Waals surface area contributed by atoms with Crippen molar-refractivity contribution in [3.05, 3.63) is 28.7 Å². The zero-order valence-electron chi connectivity index (χ0n) is 10.8. The minimum atomic E-state index is -0.884. The number of ether oxygens (including phenoxy) is 1. The number of amides is 1. The van der Waals surface area contributed by atoms with Crippen molar-refractivity contribution in [2.24, 2.45) is 0 Å². The van der Waals surface area contributed by atoms with Crippen LogP contribution in [0.1, 0.15) is 19.4 Å². The molecule has 104 valence electrons. The van der Waals surface area contributed by atoms with Crippen molar-refractivity contribution < 1.29 is 14.3 Å². The smallest absolute Gasteiger partial charge is 0.327 e. The summed E-state index contributed by atoms with van der Waals surface area (Å²) in [5.74, 6) is -0.895. The molecule has 7 heteroatoms. The molecule has 0 spiro atoms. The van der Waals surface area contributed by atoms with Gasteiger partial charge in [0.25, 0.3) is 0 Å². The molecule has 2 aromatic rings. The van der Waals surface area contributed by atoms with Crippen molar-refractivity contribution >= 4 is 28.6 Å². The van der Waals surface area contributed by atoms with Crippen molar-refractivity contribution in [1.82, 2.24) is 9.55 Å². The molecular formula is C13H13N3O4. The summed E-state index contributed by atoms with van der Waals surface area (Å²) < 4.78 is 6.17. The number of anilines is 1. The monoisotopic (exact) mass is 275 g/mol. The lowest BCUT2D eigenvalue weighted by Gasteiger charge is -2.23. The van der Waals surface area contributed by atoms with Crippen LogP contribution in [0.25, 0.3) is 11.0 Å². The van der Waals surface area contributed by atoms with Crippen LogP contribution in [0.15, 0.2) is 23.0 Å². The number of aromatic nitrogens is 2. The summed E-state index contributed by atoms with van der Waals surface area (Å²) in [7, 11) is 0. The number of H-pyrrole nitrogens is 1. The molecule has 1 unspecified atom stereocenters. The molecule has 1 aliphatic rings. The molecule has 0 aliphatic carbocycles. The Bertz CT molecular complexity index is 759. The standard InChI is InChI=1S/C13H13N3O4/c1-2-20-10(17)6-9-12(18)14-7-4-3-5-8-11(7)16(9)13(19)15-8/h3-5,9H,2,6H2,1H3,(H,14,18)(H,15,19). The van der Waals surface area contributed by atoms with E-state index < -0.39 is 17.7 Å². The van der Waals surface area contributed by atoms with Gasteiger partial charge in [-0.25, -0.2) is 4.79 Å². The first-order chi connectivity index (χ1) is 9.61. The minimum Gasteiger partial charge on any atom is -0.466 e. The molecule has 1 aromatic carbocycles. The summed E-state index contributed by atoms with van der Waals surface area (Å²) >= 11 is 0. The first-order valence-corrected chi connectivity index (χ1v) is 6.31. The number of hydrogen-bond acceptors (Lipinski definition) is 4. The molecule has 0 saturated carbocycles. The summed E-state index contributed by atoms with van der Waals surface area (Å²) in [4.78, 5) is 38.4. The van der Waals surface area contributed by atoms with Crippen molar-refractivity contribution in [2.45, 2.75) is 19.4 Å². The molecule has 0 fully saturated rings. The van der Waals surface area contributed by atoms with Crippen LogP contribution in [-0.4, -0.2) is 28.0 Å². The van der Waals surface area contributed by atoms with Crippen LogP contribution in [-0.2, 0) is 14.3 Å². The van der Waals surface area contributed by atoms with E-state index >= 15 is 0 Å². The second kappa shape index (κ2) is 4.52. The van der Waals surface area contributed by atoms with Gasteiger partial charge in [-0.05, 0) is 19.1 Å². The average Bonchev–Trinajstić information content (AvgIpc) is 2.73. The summed E-state index contributed by atoms with van der Waals surface area (Å²) in [5.41, 5.74) is 1.38. The maximum atomic E-state index is 12.1. The number of carbonyl (C=O) groups excluding carboxylic acids is 2. The SMILES string of the molecule is CCOC(=O)CC1C(=O)Nc2cccc3[nH]c(=O)n1c23. The van der Waals surface area contributed by atoms with Crippen LogP contribution >= 0.6 is 0 Å². The van der Waals surface area contributed by atoms with Gasteiger partial charge in [0.15, 0.2) is 0 Å². The Morgan fingerprint density at radius 3 is 2.95 bits per heavy atom. The van der Waals surface area contributed by atoms with Crippen molar-refractivity contribution in [3.8, 4) is 0 Å². The normalized spacial score (nSPS) is 17.1. The zero-order valence-corrected chi connectivity index (χ0v) is 10.8. The summed E-state index contributed by atoms with van der Waals surface area (Å²) in [6.07, 6.45) is -0.166. The molecule has 1 amide bonds. The van der Waals surface area contributed by atoms with E-state index in [9.17, 15) is 14.4 Å². The third kappa shape index (κ3) is 1.78. The molecule has 0 saturated heterocycles. The lowest BCUT2D eigenvalue weighted by Crippen LogP contribution is -2.37. The van der Waals surface area contributed by atoms with Gasteiger partial charge >= 0.3 is 11.7 Å². The van der Waals surface area contributed by atoms with Gasteiger partial charge < -0.3 is 15.0 Å². The third-order valence-electron chi connectivity index (χ3n) is 3.27. The van der Waals surface area contributed by atoms with Gasteiger partial charge in [0.1, 0.15) is 6.04 Å². The van der Waals surface area contributed by atoms with Crippen LogP contribution < -0.4 is 11.0 Å². The van der Waals surface area contributed by atoms with Gasteiger partial charge in [0.05, 0.1) is 29.7 Å². The molecule has 3 rings (SSSR count). The van der Waals surface area contributed by atoms with E-state index in [1.165, 1.54) is 4.57 Å². The van der Waals surface area contributed by atoms with Crippen LogP contribution in [0.3, 0.4) is 0 Å². The molecule has 20 heavy (non-hydrogen) atoms. The first kappa shape index (κ1) is 12.5. The highest BCUT2D eigenvalue weighted by molar-refractivity contribution is 6.06. The Labute approximate surface area is 113 Å². The van der Waals surface area contributed by atoms with E-state index in [2.05, 4.69) is 10.3 Å². The fourth-order valence-electron chi connectivity index (χ4n) is 2.47. The summed E-state index contributed by atoms with van der Waals surface area (Å²) in [5, 5.41) is 2.71. The molecule has 0 radical (unpaired) electrons. The number of nitrogens with zero attached hydrogens (tertiary/aromatic N) is 1. The van der Waals surface area contributed by atoms with Crippen molar-refractivity contribution in [2.75, 3.05) is 11.9 Å². The van der Waals surface area contributed by atoms with Crippen molar-refractivity contribution in [3.63, 3.8) is 0 Å². The van der Waals surface area contributed by atoms with Gasteiger partial charge in [-0.15, -0.1) is 0 Å². The Morgan fingerprint density at radius 2 is 2.20 bits per heavy atom. The highest BCUT2D eigenvalue weighted by Gasteiger charge is 2.32. The van der Waals surface area contributed by atoms with E-state index in [1.54, 1.807) is 25.1 Å². The minimum absolute atomic E-state index is 0.166. The van der Waals surface area contributed by atoms with Crippen LogP contribution in [0.2, 0.25) is 0 Å². The van der Waals surface area contributed by atoms with Crippen LogP contribution in [0.4, 0.5) is 5.69 Å². The molecular weight excluding hydrogens is 262 g/mol. The van der Waals surface area contributed by atoms with E-state index in [0.29, 0.717) is 16.7 Å². The van der Waals surface area contributed by atoms with Gasteiger partial charge in [-0.2, -0.15) is 0 Å². The Morgan fingerprint density at radius 1 is 1.40 bits per heavy atom. The van der Waals surface area contributed by atoms with Gasteiger partial charge in [-0.1, -0.05) is 6.07 Å². The number of nitrogens with one attached hydrogen (secondary N) is 2. The second-order valence-corrected chi connectivity index (χ2v) is 4.52. The third-order valence-corrected chi connectivity index (χ3v) is 3.27. The number of esters is 1. The van der Waals surface area contributed by atoms with Gasteiger partial charge in [0, 0.05) is 0 Å². The molecule has 2 heterocycles. The quantitative estimate of drug-likeness (QED) is 0.809. The predicted molar refractivity (Wildman–Crippen MR) is 71.5 cm³/mol. The number of para-hydroxylation sites is 1. The largest absolute Gasteiger partial charge is 0.466 e. The second-order valence-electron chi connectivity index (χ2n) is 4.52. The summed E-state index contributed by atoms with van der Waals surface area (Å²) in [6, 6.07) is 4.31. The highest BCUT2D eigenvalue weighted by Crippen LogP contribution is 2.30. The zero-order chi connectivity index (χ0) is 14.3. The van der Waals surface area contributed by atoms with Crippen molar-refractivity contribution in [1.29, 1.82) is 0 Å². The lowest BCUT2D eigenvalue weighted by molar-refractivity contribution is -0.145. The summed E-state index contributed by atoms with van der Waals surface area (Å²) in [6.45, 7) is 1.93. The van der Waals surface area contributed by atoms with Crippen LogP contribution in [0.5, 0.6) is 0 Å². The Hall–Kier alpha value is -2.57. The topological polar surface area (TPSA) is 93.2 Å². The maximum absolute atomic E-state index is 12.1. The number of carbonyl (C=O) groups is 2. The molecule has 1 aliphatic heterocycles.